The maximum atomic E-state index is 13.0. The number of aryl methyl sites for hydroxylation is 1. The van der Waals surface area contributed by atoms with E-state index >= 15 is 0 Å². The first-order valence-electron chi connectivity index (χ1n) is 10.3. The first kappa shape index (κ1) is 20.3. The van der Waals surface area contributed by atoms with Gasteiger partial charge in [-0.15, -0.1) is 0 Å². The lowest BCUT2D eigenvalue weighted by Gasteiger charge is -2.35. The van der Waals surface area contributed by atoms with Gasteiger partial charge in [-0.25, -0.2) is 8.42 Å². The number of nitro groups is 1. The maximum Gasteiger partial charge on any atom is 0.270 e. The molecule has 1 heterocycles. The summed E-state index contributed by atoms with van der Waals surface area (Å²) in [7, 11) is -3.84. The zero-order chi connectivity index (χ0) is 20.8. The Kier molecular flexibility index (Phi) is 5.37. The van der Waals surface area contributed by atoms with Crippen molar-refractivity contribution in [2.75, 3.05) is 26.2 Å². The van der Waals surface area contributed by atoms with Crippen LogP contribution in [0.3, 0.4) is 0 Å². The van der Waals surface area contributed by atoms with Crippen molar-refractivity contribution in [3.63, 3.8) is 0 Å². The molecule has 0 radical (unpaired) electrons. The normalized spacial score (nSPS) is 27.3. The topological polar surface area (TPSA) is 101 Å². The van der Waals surface area contributed by atoms with Crippen LogP contribution in [0.4, 0.5) is 5.69 Å². The number of hydrogen-bond donors (Lipinski definition) is 0. The van der Waals surface area contributed by atoms with Gasteiger partial charge in [-0.3, -0.25) is 14.9 Å². The Morgan fingerprint density at radius 3 is 2.48 bits per heavy atom. The van der Waals surface area contributed by atoms with Crippen LogP contribution in [-0.4, -0.2) is 54.6 Å². The average Bonchev–Trinajstić information content (AvgIpc) is 3.31. The van der Waals surface area contributed by atoms with E-state index in [1.54, 1.807) is 11.8 Å². The zero-order valence-electron chi connectivity index (χ0n) is 16.6. The van der Waals surface area contributed by atoms with Gasteiger partial charge in [0.15, 0.2) is 0 Å². The van der Waals surface area contributed by atoms with Gasteiger partial charge in [-0.2, -0.15) is 4.31 Å². The molecular formula is C20H27N3O5S. The van der Waals surface area contributed by atoms with Crippen LogP contribution >= 0.6 is 0 Å². The molecule has 0 aromatic heterocycles. The summed E-state index contributed by atoms with van der Waals surface area (Å²) >= 11 is 0. The van der Waals surface area contributed by atoms with E-state index in [-0.39, 0.29) is 29.6 Å². The van der Waals surface area contributed by atoms with Crippen LogP contribution in [0.15, 0.2) is 23.1 Å². The molecule has 1 aromatic carbocycles. The van der Waals surface area contributed by atoms with Gasteiger partial charge >= 0.3 is 0 Å². The number of hydrogen-bond acceptors (Lipinski definition) is 5. The summed E-state index contributed by atoms with van der Waals surface area (Å²) < 4.78 is 27.4. The van der Waals surface area contributed by atoms with Crippen molar-refractivity contribution in [3.8, 4) is 0 Å². The Balaban J connectivity index is 1.39. The molecule has 3 fully saturated rings. The second kappa shape index (κ2) is 7.68. The largest absolute Gasteiger partial charge is 0.340 e. The highest BCUT2D eigenvalue weighted by molar-refractivity contribution is 7.89. The minimum atomic E-state index is -3.84. The number of fused-ring (bicyclic) bond motifs is 2. The second-order valence-corrected chi connectivity index (χ2v) is 10.5. The standard InChI is InChI=1S/C20H27N3O5S/c1-14-2-5-18(23(25)26)13-19(14)29(27,28)22-8-6-21(7-9-22)20(24)12-17-11-15-3-4-16(17)10-15/h2,5,13,15-17H,3-4,6-12H2,1H3. The van der Waals surface area contributed by atoms with Crippen molar-refractivity contribution >= 4 is 21.6 Å². The van der Waals surface area contributed by atoms with Crippen LogP contribution in [0.5, 0.6) is 0 Å². The molecule has 0 spiro atoms. The fraction of sp³-hybridized carbons (Fsp3) is 0.650. The number of nitro benzene ring substituents is 1. The lowest BCUT2D eigenvalue weighted by molar-refractivity contribution is -0.385. The molecule has 1 aromatic rings. The molecule has 2 aliphatic carbocycles. The van der Waals surface area contributed by atoms with Crippen molar-refractivity contribution in [3.05, 3.63) is 33.9 Å². The summed E-state index contributed by atoms with van der Waals surface area (Å²) in [6.07, 6.45) is 5.57. The van der Waals surface area contributed by atoms with Gasteiger partial charge in [0.25, 0.3) is 5.69 Å². The molecular weight excluding hydrogens is 394 g/mol. The van der Waals surface area contributed by atoms with Gasteiger partial charge in [-0.05, 0) is 49.5 Å². The minimum Gasteiger partial charge on any atom is -0.340 e. The smallest absolute Gasteiger partial charge is 0.270 e. The molecule has 1 amide bonds. The lowest BCUT2D eigenvalue weighted by atomic mass is 9.86. The number of carbonyl (C=O) groups is 1. The van der Waals surface area contributed by atoms with Crippen LogP contribution in [-0.2, 0) is 14.8 Å². The molecule has 1 saturated heterocycles. The fourth-order valence-corrected chi connectivity index (χ4v) is 6.94. The van der Waals surface area contributed by atoms with E-state index < -0.39 is 14.9 Å². The Bertz CT molecular complexity index is 924. The van der Waals surface area contributed by atoms with Crippen LogP contribution in [0.2, 0.25) is 0 Å². The molecule has 8 nitrogen and oxygen atoms in total. The van der Waals surface area contributed by atoms with Crippen LogP contribution in [0.1, 0.15) is 37.7 Å². The molecule has 158 valence electrons. The lowest BCUT2D eigenvalue weighted by Crippen LogP contribution is -2.50. The van der Waals surface area contributed by atoms with E-state index in [0.717, 1.165) is 18.4 Å². The Hall–Kier alpha value is -2.00. The second-order valence-electron chi connectivity index (χ2n) is 8.63. The molecule has 2 bridgehead atoms. The van der Waals surface area contributed by atoms with Gasteiger partial charge in [0.2, 0.25) is 15.9 Å². The SMILES string of the molecule is Cc1ccc([N+](=O)[O-])cc1S(=O)(=O)N1CCN(C(=O)CC2CC3CCC2C3)CC1. The predicted molar refractivity (Wildman–Crippen MR) is 107 cm³/mol. The Morgan fingerprint density at radius 2 is 1.90 bits per heavy atom. The van der Waals surface area contributed by atoms with Crippen molar-refractivity contribution in [1.29, 1.82) is 0 Å². The molecule has 3 aliphatic rings. The quantitative estimate of drug-likeness (QED) is 0.537. The number of benzene rings is 1. The number of sulfonamides is 1. The summed E-state index contributed by atoms with van der Waals surface area (Å²) in [5.74, 6) is 2.13. The number of piperazine rings is 1. The van der Waals surface area contributed by atoms with E-state index in [2.05, 4.69) is 0 Å². The number of nitrogens with zero attached hydrogens (tertiary/aromatic N) is 3. The van der Waals surface area contributed by atoms with Crippen molar-refractivity contribution in [2.45, 2.75) is 43.9 Å². The van der Waals surface area contributed by atoms with Crippen molar-refractivity contribution < 1.29 is 18.1 Å². The van der Waals surface area contributed by atoms with Crippen LogP contribution < -0.4 is 0 Å². The van der Waals surface area contributed by atoms with E-state index in [4.69, 9.17) is 0 Å². The van der Waals surface area contributed by atoms with E-state index in [1.165, 1.54) is 35.7 Å². The fourth-order valence-electron chi connectivity index (χ4n) is 5.28. The summed E-state index contributed by atoms with van der Waals surface area (Å²) in [6.45, 7) is 2.80. The van der Waals surface area contributed by atoms with Crippen LogP contribution in [0.25, 0.3) is 0 Å². The maximum absolute atomic E-state index is 13.0. The third kappa shape index (κ3) is 3.90. The molecule has 29 heavy (non-hydrogen) atoms. The number of non-ortho nitro benzene ring substituents is 1. The number of carbonyl (C=O) groups excluding carboxylic acids is 1. The highest BCUT2D eigenvalue weighted by Gasteiger charge is 2.41. The minimum absolute atomic E-state index is 0.0338. The summed E-state index contributed by atoms with van der Waals surface area (Å²) in [5, 5.41) is 11.0. The summed E-state index contributed by atoms with van der Waals surface area (Å²) in [6, 6.07) is 3.89. The van der Waals surface area contributed by atoms with E-state index in [0.29, 0.717) is 36.9 Å². The van der Waals surface area contributed by atoms with Gasteiger partial charge in [0.1, 0.15) is 0 Å². The molecule has 4 rings (SSSR count). The first-order chi connectivity index (χ1) is 13.8. The van der Waals surface area contributed by atoms with Gasteiger partial charge in [0, 0.05) is 44.7 Å². The molecule has 2 saturated carbocycles. The Morgan fingerprint density at radius 1 is 1.17 bits per heavy atom. The molecule has 9 heteroatoms. The monoisotopic (exact) mass is 421 g/mol. The average molecular weight is 422 g/mol. The van der Waals surface area contributed by atoms with E-state index in [9.17, 15) is 23.3 Å². The summed E-state index contributed by atoms with van der Waals surface area (Å²) in [4.78, 5) is 24.9. The number of amides is 1. The predicted octanol–water partition coefficient (Wildman–Crippen LogP) is 2.56. The molecule has 3 unspecified atom stereocenters. The van der Waals surface area contributed by atoms with Gasteiger partial charge < -0.3 is 4.90 Å². The summed E-state index contributed by atoms with van der Waals surface area (Å²) in [5.41, 5.74) is 0.235. The van der Waals surface area contributed by atoms with Gasteiger partial charge in [0.05, 0.1) is 9.82 Å². The highest BCUT2D eigenvalue weighted by Crippen LogP contribution is 2.49. The van der Waals surface area contributed by atoms with Crippen molar-refractivity contribution in [1.82, 2.24) is 9.21 Å². The van der Waals surface area contributed by atoms with Gasteiger partial charge in [-0.1, -0.05) is 12.5 Å². The zero-order valence-corrected chi connectivity index (χ0v) is 17.4. The third-order valence-electron chi connectivity index (χ3n) is 6.91. The van der Waals surface area contributed by atoms with E-state index in [1.807, 2.05) is 0 Å². The third-order valence-corrected chi connectivity index (χ3v) is 8.95. The van der Waals surface area contributed by atoms with Crippen LogP contribution in [0, 0.1) is 34.8 Å². The highest BCUT2D eigenvalue weighted by atomic mass is 32.2. The molecule has 3 atom stereocenters. The molecule has 1 aliphatic heterocycles. The first-order valence-corrected chi connectivity index (χ1v) is 11.7. The number of rotatable bonds is 5. The Labute approximate surface area is 171 Å². The molecule has 0 N–H and O–H groups in total. The van der Waals surface area contributed by atoms with Crippen molar-refractivity contribution in [2.24, 2.45) is 17.8 Å².